The number of rotatable bonds is 5. The first-order valence-corrected chi connectivity index (χ1v) is 5.53. The zero-order chi connectivity index (χ0) is 13.8. The van der Waals surface area contributed by atoms with Crippen LogP contribution in [0.25, 0.3) is 0 Å². The molecule has 0 fully saturated rings. The highest BCUT2D eigenvalue weighted by Crippen LogP contribution is 2.26. The maximum absolute atomic E-state index is 11.0. The molecule has 0 atom stereocenters. The number of aromatic carboxylic acids is 1. The van der Waals surface area contributed by atoms with Crippen molar-refractivity contribution in [1.29, 1.82) is 5.26 Å². The van der Waals surface area contributed by atoms with Crippen LogP contribution in [0.2, 0.25) is 0 Å². The van der Waals surface area contributed by atoms with E-state index >= 15 is 0 Å². The topological polar surface area (TPSA) is 96.3 Å². The van der Waals surface area contributed by atoms with Crippen LogP contribution >= 0.6 is 0 Å². The number of carboxylic acids is 1. The standard InChI is InChI=1S/C13H16N2O3/c1-13(2,8-14)6-7-18-10-5-3-4-9(15)11(10)12(16)17/h3-5H,6-7,15H2,1-2H3,(H,16,17). The Morgan fingerprint density at radius 3 is 2.78 bits per heavy atom. The minimum Gasteiger partial charge on any atom is -0.493 e. The molecule has 0 heterocycles. The lowest BCUT2D eigenvalue weighted by Gasteiger charge is -2.16. The Hall–Kier alpha value is -2.22. The summed E-state index contributed by atoms with van der Waals surface area (Å²) in [6.45, 7) is 3.87. The second-order valence-electron chi connectivity index (χ2n) is 4.62. The van der Waals surface area contributed by atoms with E-state index in [4.69, 9.17) is 20.8 Å². The van der Waals surface area contributed by atoms with Crippen LogP contribution < -0.4 is 10.5 Å². The minimum atomic E-state index is -1.12. The smallest absolute Gasteiger partial charge is 0.341 e. The highest BCUT2D eigenvalue weighted by molar-refractivity contribution is 5.96. The fraction of sp³-hybridized carbons (Fsp3) is 0.385. The summed E-state index contributed by atoms with van der Waals surface area (Å²) in [6.07, 6.45) is 0.511. The fourth-order valence-electron chi connectivity index (χ4n) is 1.37. The molecule has 96 valence electrons. The van der Waals surface area contributed by atoms with Gasteiger partial charge in [0.15, 0.2) is 0 Å². The fourth-order valence-corrected chi connectivity index (χ4v) is 1.37. The third kappa shape index (κ3) is 3.39. The van der Waals surface area contributed by atoms with Crippen LogP contribution in [-0.4, -0.2) is 17.7 Å². The van der Waals surface area contributed by atoms with Crippen LogP contribution in [-0.2, 0) is 0 Å². The van der Waals surface area contributed by atoms with E-state index in [1.54, 1.807) is 26.0 Å². The van der Waals surface area contributed by atoms with Gasteiger partial charge in [-0.25, -0.2) is 4.79 Å². The molecular formula is C13H16N2O3. The van der Waals surface area contributed by atoms with Crippen molar-refractivity contribution in [3.63, 3.8) is 0 Å². The molecule has 0 saturated heterocycles. The number of nitrogen functional groups attached to an aromatic ring is 1. The van der Waals surface area contributed by atoms with Crippen molar-refractivity contribution < 1.29 is 14.6 Å². The lowest BCUT2D eigenvalue weighted by molar-refractivity contribution is 0.0693. The predicted octanol–water partition coefficient (Wildman–Crippen LogP) is 2.29. The van der Waals surface area contributed by atoms with Gasteiger partial charge in [-0.2, -0.15) is 5.26 Å². The van der Waals surface area contributed by atoms with E-state index in [1.165, 1.54) is 6.07 Å². The molecule has 1 aromatic carbocycles. The van der Waals surface area contributed by atoms with E-state index in [-0.39, 0.29) is 23.6 Å². The van der Waals surface area contributed by atoms with Crippen LogP contribution in [0, 0.1) is 16.7 Å². The van der Waals surface area contributed by atoms with Gasteiger partial charge in [-0.15, -0.1) is 0 Å². The summed E-state index contributed by atoms with van der Waals surface area (Å²) in [5.41, 5.74) is 5.23. The molecule has 3 N–H and O–H groups in total. The molecule has 1 rings (SSSR count). The van der Waals surface area contributed by atoms with Gasteiger partial charge in [0.2, 0.25) is 0 Å². The first kappa shape index (κ1) is 13.8. The first-order chi connectivity index (χ1) is 8.37. The molecule has 18 heavy (non-hydrogen) atoms. The molecular weight excluding hydrogens is 232 g/mol. The van der Waals surface area contributed by atoms with Crippen LogP contribution in [0.1, 0.15) is 30.6 Å². The molecule has 0 radical (unpaired) electrons. The molecule has 0 bridgehead atoms. The normalized spacial score (nSPS) is 10.7. The Kier molecular flexibility index (Phi) is 4.16. The van der Waals surface area contributed by atoms with Crippen LogP contribution in [0.15, 0.2) is 18.2 Å². The number of anilines is 1. The van der Waals surface area contributed by atoms with E-state index in [0.717, 1.165) is 0 Å². The van der Waals surface area contributed by atoms with E-state index in [9.17, 15) is 4.79 Å². The molecule has 5 nitrogen and oxygen atoms in total. The third-order valence-corrected chi connectivity index (χ3v) is 2.56. The molecule has 1 aromatic rings. The molecule has 0 saturated carbocycles. The number of hydrogen-bond donors (Lipinski definition) is 2. The van der Waals surface area contributed by atoms with Gasteiger partial charge in [-0.1, -0.05) is 6.07 Å². The zero-order valence-electron chi connectivity index (χ0n) is 10.4. The lowest BCUT2D eigenvalue weighted by Crippen LogP contribution is -2.14. The Morgan fingerprint density at radius 2 is 2.22 bits per heavy atom. The van der Waals surface area contributed by atoms with E-state index in [1.807, 2.05) is 0 Å². The third-order valence-electron chi connectivity index (χ3n) is 2.56. The summed E-state index contributed by atoms with van der Waals surface area (Å²) in [7, 11) is 0. The van der Waals surface area contributed by atoms with Crippen molar-refractivity contribution in [2.75, 3.05) is 12.3 Å². The van der Waals surface area contributed by atoms with E-state index in [0.29, 0.717) is 6.42 Å². The Balaban J connectivity index is 2.78. The Morgan fingerprint density at radius 1 is 1.56 bits per heavy atom. The summed E-state index contributed by atoms with van der Waals surface area (Å²) in [5.74, 6) is -0.890. The molecule has 0 aromatic heterocycles. The second-order valence-corrected chi connectivity index (χ2v) is 4.62. The summed E-state index contributed by atoms with van der Waals surface area (Å²) in [6, 6.07) is 6.85. The number of carboxylic acid groups (broad SMARTS) is 1. The van der Waals surface area contributed by atoms with Crippen molar-refractivity contribution in [3.8, 4) is 11.8 Å². The van der Waals surface area contributed by atoms with Gasteiger partial charge in [0, 0.05) is 5.69 Å². The van der Waals surface area contributed by atoms with Gasteiger partial charge in [-0.3, -0.25) is 0 Å². The highest BCUT2D eigenvalue weighted by Gasteiger charge is 2.18. The van der Waals surface area contributed by atoms with Crippen molar-refractivity contribution in [2.24, 2.45) is 5.41 Å². The van der Waals surface area contributed by atoms with Crippen LogP contribution in [0.4, 0.5) is 5.69 Å². The number of nitrogens with two attached hydrogens (primary N) is 1. The lowest BCUT2D eigenvalue weighted by atomic mass is 9.92. The average molecular weight is 248 g/mol. The van der Waals surface area contributed by atoms with Gasteiger partial charge in [0.1, 0.15) is 11.3 Å². The minimum absolute atomic E-state index is 0.0349. The maximum atomic E-state index is 11.0. The van der Waals surface area contributed by atoms with Crippen LogP contribution in [0.5, 0.6) is 5.75 Å². The second kappa shape index (κ2) is 5.41. The molecule has 0 unspecified atom stereocenters. The van der Waals surface area contributed by atoms with Gasteiger partial charge in [0.05, 0.1) is 18.1 Å². The molecule has 0 spiro atoms. The van der Waals surface area contributed by atoms with Crippen molar-refractivity contribution >= 4 is 11.7 Å². The number of carbonyl (C=O) groups is 1. The van der Waals surface area contributed by atoms with Crippen molar-refractivity contribution in [3.05, 3.63) is 23.8 Å². The molecule has 0 aliphatic rings. The number of nitriles is 1. The maximum Gasteiger partial charge on any atom is 0.341 e. The molecule has 0 amide bonds. The van der Waals surface area contributed by atoms with Gasteiger partial charge in [-0.05, 0) is 32.4 Å². The van der Waals surface area contributed by atoms with Crippen LogP contribution in [0.3, 0.4) is 0 Å². The summed E-state index contributed by atoms with van der Waals surface area (Å²) < 4.78 is 5.41. The largest absolute Gasteiger partial charge is 0.493 e. The number of nitrogens with zero attached hydrogens (tertiary/aromatic N) is 1. The number of ether oxygens (including phenoxy) is 1. The van der Waals surface area contributed by atoms with Gasteiger partial charge < -0.3 is 15.6 Å². The zero-order valence-corrected chi connectivity index (χ0v) is 10.4. The summed E-state index contributed by atoms with van der Waals surface area (Å²) in [4.78, 5) is 11.0. The molecule has 5 heteroatoms. The number of hydrogen-bond acceptors (Lipinski definition) is 4. The van der Waals surface area contributed by atoms with Gasteiger partial charge >= 0.3 is 5.97 Å². The quantitative estimate of drug-likeness (QED) is 0.779. The molecule has 0 aliphatic carbocycles. The van der Waals surface area contributed by atoms with E-state index in [2.05, 4.69) is 6.07 Å². The highest BCUT2D eigenvalue weighted by atomic mass is 16.5. The monoisotopic (exact) mass is 248 g/mol. The SMILES string of the molecule is CC(C)(C#N)CCOc1cccc(N)c1C(=O)O. The predicted molar refractivity (Wildman–Crippen MR) is 67.3 cm³/mol. The van der Waals surface area contributed by atoms with Gasteiger partial charge in [0.25, 0.3) is 0 Å². The van der Waals surface area contributed by atoms with Crippen molar-refractivity contribution in [1.82, 2.24) is 0 Å². The van der Waals surface area contributed by atoms with E-state index < -0.39 is 11.4 Å². The first-order valence-electron chi connectivity index (χ1n) is 5.53. The summed E-state index contributed by atoms with van der Waals surface area (Å²) in [5, 5.41) is 17.9. The average Bonchev–Trinajstić information content (AvgIpc) is 2.28. The summed E-state index contributed by atoms with van der Waals surface area (Å²) >= 11 is 0. The molecule has 0 aliphatic heterocycles. The number of benzene rings is 1. The Bertz CT molecular complexity index is 489. The van der Waals surface area contributed by atoms with Crippen molar-refractivity contribution in [2.45, 2.75) is 20.3 Å². The Labute approximate surface area is 106 Å².